The smallest absolute Gasteiger partial charge is 0.128 e. The Morgan fingerprint density at radius 3 is 2.65 bits per heavy atom. The summed E-state index contributed by atoms with van der Waals surface area (Å²) in [6, 6.07) is 4.72. The molecular weight excluding hydrogens is 250 g/mol. The minimum atomic E-state index is 0.335. The number of anilines is 2. The molecule has 20 heavy (non-hydrogen) atoms. The van der Waals surface area contributed by atoms with Crippen LogP contribution in [0.25, 0.3) is 0 Å². The molecule has 4 nitrogen and oxygen atoms in total. The average molecular weight is 275 g/mol. The van der Waals surface area contributed by atoms with E-state index in [1.54, 1.807) is 0 Å². The molecule has 2 fully saturated rings. The van der Waals surface area contributed by atoms with E-state index in [9.17, 15) is 0 Å². The molecule has 2 heterocycles. The van der Waals surface area contributed by atoms with Gasteiger partial charge in [-0.3, -0.25) is 0 Å². The van der Waals surface area contributed by atoms with Crippen LogP contribution in [0.1, 0.15) is 38.5 Å². The highest BCUT2D eigenvalue weighted by Gasteiger charge is 2.24. The van der Waals surface area contributed by atoms with E-state index < -0.39 is 0 Å². The molecule has 1 saturated carbocycles. The fourth-order valence-corrected chi connectivity index (χ4v) is 3.36. The van der Waals surface area contributed by atoms with Crippen LogP contribution in [-0.2, 0) is 4.74 Å². The lowest BCUT2D eigenvalue weighted by atomic mass is 9.92. The number of methoxy groups -OCH3 is 1. The van der Waals surface area contributed by atoms with Crippen LogP contribution in [0.3, 0.4) is 0 Å². The third kappa shape index (κ3) is 3.06. The topological polar surface area (TPSA) is 37.4 Å². The van der Waals surface area contributed by atoms with Crippen LogP contribution in [0.5, 0.6) is 0 Å². The number of aromatic nitrogens is 1. The third-order valence-electron chi connectivity index (χ3n) is 4.54. The largest absolute Gasteiger partial charge is 0.379 e. The summed E-state index contributed by atoms with van der Waals surface area (Å²) in [6.45, 7) is 2.29. The number of pyridine rings is 1. The second-order valence-electron chi connectivity index (χ2n) is 5.91. The van der Waals surface area contributed by atoms with Gasteiger partial charge in [0.05, 0.1) is 24.0 Å². The Kier molecular flexibility index (Phi) is 4.41. The maximum absolute atomic E-state index is 5.59. The van der Waals surface area contributed by atoms with Gasteiger partial charge >= 0.3 is 0 Å². The first-order valence-electron chi connectivity index (χ1n) is 7.87. The van der Waals surface area contributed by atoms with E-state index in [2.05, 4.69) is 27.3 Å². The monoisotopic (exact) mass is 275 g/mol. The standard InChI is InChI=1S/C16H25N3O/c1-20-15-7-3-2-6-14(15)18-13-8-9-16(17-12-13)19-10-4-5-11-19/h8-9,12,14-15,18H,2-7,10-11H2,1H3. The van der Waals surface area contributed by atoms with Gasteiger partial charge in [-0.2, -0.15) is 0 Å². The lowest BCUT2D eigenvalue weighted by Gasteiger charge is -2.31. The first-order chi connectivity index (χ1) is 9.86. The molecule has 2 aliphatic rings. The molecule has 110 valence electrons. The maximum Gasteiger partial charge on any atom is 0.128 e. The van der Waals surface area contributed by atoms with Crippen molar-refractivity contribution < 1.29 is 4.74 Å². The maximum atomic E-state index is 5.59. The number of nitrogens with zero attached hydrogens (tertiary/aromatic N) is 2. The second-order valence-corrected chi connectivity index (χ2v) is 5.91. The molecule has 1 saturated heterocycles. The Morgan fingerprint density at radius 2 is 1.95 bits per heavy atom. The first-order valence-corrected chi connectivity index (χ1v) is 7.87. The molecule has 3 rings (SSSR count). The Labute approximate surface area is 121 Å². The first kappa shape index (κ1) is 13.7. The Balaban J connectivity index is 1.62. The van der Waals surface area contributed by atoms with Gasteiger partial charge in [0.1, 0.15) is 5.82 Å². The van der Waals surface area contributed by atoms with Crippen molar-refractivity contribution >= 4 is 11.5 Å². The number of nitrogens with one attached hydrogen (secondary N) is 1. The lowest BCUT2D eigenvalue weighted by molar-refractivity contribution is 0.0606. The lowest BCUT2D eigenvalue weighted by Crippen LogP contribution is -2.37. The van der Waals surface area contributed by atoms with E-state index in [0.717, 1.165) is 31.0 Å². The average Bonchev–Trinajstić information content (AvgIpc) is 3.03. The number of ether oxygens (including phenoxy) is 1. The molecule has 1 N–H and O–H groups in total. The molecule has 1 aliphatic carbocycles. The summed E-state index contributed by atoms with van der Waals surface area (Å²) in [6.07, 6.45) is 9.80. The highest BCUT2D eigenvalue weighted by molar-refractivity contribution is 5.49. The summed E-state index contributed by atoms with van der Waals surface area (Å²) >= 11 is 0. The second kappa shape index (κ2) is 6.44. The highest BCUT2D eigenvalue weighted by atomic mass is 16.5. The molecule has 0 bridgehead atoms. The molecule has 0 spiro atoms. The zero-order chi connectivity index (χ0) is 13.8. The molecule has 0 amide bonds. The summed E-state index contributed by atoms with van der Waals surface area (Å²) < 4.78 is 5.59. The van der Waals surface area contributed by atoms with Crippen molar-refractivity contribution in [3.63, 3.8) is 0 Å². The van der Waals surface area contributed by atoms with Crippen LogP contribution in [0.4, 0.5) is 11.5 Å². The normalized spacial score (nSPS) is 26.8. The fourth-order valence-electron chi connectivity index (χ4n) is 3.36. The van der Waals surface area contributed by atoms with Gasteiger partial charge in [-0.05, 0) is 37.8 Å². The molecule has 1 aromatic rings. The van der Waals surface area contributed by atoms with Crippen molar-refractivity contribution in [2.45, 2.75) is 50.7 Å². The molecular formula is C16H25N3O. The summed E-state index contributed by atoms with van der Waals surface area (Å²) in [7, 11) is 1.82. The van der Waals surface area contributed by atoms with Gasteiger partial charge in [-0.1, -0.05) is 12.8 Å². The van der Waals surface area contributed by atoms with Crippen molar-refractivity contribution in [1.29, 1.82) is 0 Å². The number of rotatable bonds is 4. The molecule has 0 radical (unpaired) electrons. The van der Waals surface area contributed by atoms with Crippen LogP contribution in [0.2, 0.25) is 0 Å². The van der Waals surface area contributed by atoms with E-state index in [4.69, 9.17) is 4.74 Å². The van der Waals surface area contributed by atoms with Gasteiger partial charge in [0.2, 0.25) is 0 Å². The SMILES string of the molecule is COC1CCCCC1Nc1ccc(N2CCCC2)nc1. The fraction of sp³-hybridized carbons (Fsp3) is 0.688. The van der Waals surface area contributed by atoms with E-state index in [-0.39, 0.29) is 0 Å². The predicted molar refractivity (Wildman–Crippen MR) is 82.4 cm³/mol. The van der Waals surface area contributed by atoms with E-state index >= 15 is 0 Å². The highest BCUT2D eigenvalue weighted by Crippen LogP contribution is 2.25. The molecule has 0 aromatic carbocycles. The number of hydrogen-bond acceptors (Lipinski definition) is 4. The van der Waals surface area contributed by atoms with Crippen LogP contribution in [0.15, 0.2) is 18.3 Å². The summed E-state index contributed by atoms with van der Waals surface area (Å²) in [5.74, 6) is 1.11. The molecule has 1 aromatic heterocycles. The van der Waals surface area contributed by atoms with E-state index in [1.807, 2.05) is 13.3 Å². The zero-order valence-corrected chi connectivity index (χ0v) is 12.3. The summed E-state index contributed by atoms with van der Waals surface area (Å²) in [4.78, 5) is 6.96. The van der Waals surface area contributed by atoms with Crippen LogP contribution >= 0.6 is 0 Å². The van der Waals surface area contributed by atoms with Gasteiger partial charge in [-0.15, -0.1) is 0 Å². The predicted octanol–water partition coefficient (Wildman–Crippen LogP) is 3.05. The van der Waals surface area contributed by atoms with Gasteiger partial charge in [0, 0.05) is 20.2 Å². The number of hydrogen-bond donors (Lipinski definition) is 1. The molecule has 2 unspecified atom stereocenters. The third-order valence-corrected chi connectivity index (χ3v) is 4.54. The summed E-state index contributed by atoms with van der Waals surface area (Å²) in [5, 5.41) is 3.59. The van der Waals surface area contributed by atoms with E-state index in [1.165, 1.54) is 32.1 Å². The van der Waals surface area contributed by atoms with Crippen molar-refractivity contribution in [2.75, 3.05) is 30.4 Å². The van der Waals surface area contributed by atoms with Crippen molar-refractivity contribution in [1.82, 2.24) is 4.98 Å². The van der Waals surface area contributed by atoms with Crippen LogP contribution in [0, 0.1) is 0 Å². The quantitative estimate of drug-likeness (QED) is 0.916. The summed E-state index contributed by atoms with van der Waals surface area (Å²) in [5.41, 5.74) is 1.11. The molecule has 2 atom stereocenters. The van der Waals surface area contributed by atoms with Crippen molar-refractivity contribution in [3.8, 4) is 0 Å². The van der Waals surface area contributed by atoms with Crippen molar-refractivity contribution in [3.05, 3.63) is 18.3 Å². The van der Waals surface area contributed by atoms with Gasteiger partial charge in [-0.25, -0.2) is 4.98 Å². The van der Waals surface area contributed by atoms with Crippen LogP contribution < -0.4 is 10.2 Å². The van der Waals surface area contributed by atoms with Crippen molar-refractivity contribution in [2.24, 2.45) is 0 Å². The van der Waals surface area contributed by atoms with Gasteiger partial charge < -0.3 is 15.0 Å². The van der Waals surface area contributed by atoms with Gasteiger partial charge in [0.25, 0.3) is 0 Å². The minimum absolute atomic E-state index is 0.335. The Hall–Kier alpha value is -1.29. The molecule has 4 heteroatoms. The minimum Gasteiger partial charge on any atom is -0.379 e. The Morgan fingerprint density at radius 1 is 1.15 bits per heavy atom. The van der Waals surface area contributed by atoms with E-state index in [0.29, 0.717) is 12.1 Å². The van der Waals surface area contributed by atoms with Gasteiger partial charge in [0.15, 0.2) is 0 Å². The Bertz CT molecular complexity index is 414. The van der Waals surface area contributed by atoms with Crippen LogP contribution in [-0.4, -0.2) is 37.3 Å². The zero-order valence-electron chi connectivity index (χ0n) is 12.3. The molecule has 1 aliphatic heterocycles.